The van der Waals surface area contributed by atoms with Crippen LogP contribution in [0.1, 0.15) is 0 Å². The molecule has 0 bridgehead atoms. The zero-order valence-corrected chi connectivity index (χ0v) is 11.7. The fraction of sp³-hybridized carbons (Fsp3) is 0.400. The number of aromatic nitrogens is 2. The summed E-state index contributed by atoms with van der Waals surface area (Å²) in [6, 6.07) is 0. The maximum absolute atomic E-state index is 12.6. The van der Waals surface area contributed by atoms with Crippen LogP contribution in [-0.4, -0.2) is 42.4 Å². The molecular formula is C10H13ClF3N5O. The van der Waals surface area contributed by atoms with Gasteiger partial charge in [-0.05, 0) is 11.6 Å². The van der Waals surface area contributed by atoms with Crippen LogP contribution in [0, 0.1) is 0 Å². The molecule has 0 saturated carbocycles. The third-order valence-corrected chi connectivity index (χ3v) is 2.31. The summed E-state index contributed by atoms with van der Waals surface area (Å²) in [5, 5.41) is 3.07. The molecule has 20 heavy (non-hydrogen) atoms. The van der Waals surface area contributed by atoms with Crippen molar-refractivity contribution in [3.05, 3.63) is 23.4 Å². The van der Waals surface area contributed by atoms with Gasteiger partial charge in [0.15, 0.2) is 11.6 Å². The van der Waals surface area contributed by atoms with E-state index in [9.17, 15) is 13.2 Å². The highest BCUT2D eigenvalue weighted by atomic mass is 35.5. The molecule has 1 rings (SSSR count). The summed E-state index contributed by atoms with van der Waals surface area (Å²) in [5.41, 5.74) is 1.67. The zero-order valence-electron chi connectivity index (χ0n) is 10.9. The lowest BCUT2D eigenvalue weighted by Gasteiger charge is -2.20. The number of hydrogen-bond acceptors (Lipinski definition) is 6. The van der Waals surface area contributed by atoms with Crippen molar-refractivity contribution in [2.75, 3.05) is 26.6 Å². The first kappa shape index (κ1) is 16.2. The topological polar surface area (TPSA) is 62.3 Å². The molecule has 0 aromatic carbocycles. The Kier molecular flexibility index (Phi) is 5.26. The van der Waals surface area contributed by atoms with Crippen molar-refractivity contribution in [3.63, 3.8) is 0 Å². The van der Waals surface area contributed by atoms with E-state index in [2.05, 4.69) is 20.7 Å². The molecule has 0 atom stereocenters. The average Bonchev–Trinajstić information content (AvgIpc) is 2.34. The highest BCUT2D eigenvalue weighted by molar-refractivity contribution is 6.28. The van der Waals surface area contributed by atoms with Gasteiger partial charge in [-0.2, -0.15) is 18.2 Å². The quantitative estimate of drug-likeness (QED) is 0.641. The molecule has 1 heterocycles. The first-order chi connectivity index (χ1) is 9.27. The number of anilines is 1. The van der Waals surface area contributed by atoms with Gasteiger partial charge in [0.05, 0.1) is 13.3 Å². The maximum atomic E-state index is 12.6. The molecule has 1 aromatic rings. The Morgan fingerprint density at radius 2 is 2.15 bits per heavy atom. The Hall–Kier alpha value is -1.90. The molecule has 112 valence electrons. The Balaban J connectivity index is 2.93. The Morgan fingerprint density at radius 1 is 1.50 bits per heavy atom. The molecule has 0 unspecified atom stereocenters. The number of hydrogen-bond donors (Lipinski definition) is 2. The van der Waals surface area contributed by atoms with Gasteiger partial charge in [0.1, 0.15) is 5.70 Å². The van der Waals surface area contributed by atoms with Crippen LogP contribution in [0.15, 0.2) is 18.1 Å². The Morgan fingerprint density at radius 3 is 2.65 bits per heavy atom. The first-order valence-corrected chi connectivity index (χ1v) is 5.68. The van der Waals surface area contributed by atoms with Crippen LogP contribution < -0.4 is 15.5 Å². The van der Waals surface area contributed by atoms with E-state index in [1.54, 1.807) is 0 Å². The molecule has 0 radical (unpaired) electrons. The average molecular weight is 312 g/mol. The van der Waals surface area contributed by atoms with Crippen LogP contribution in [0.5, 0.6) is 5.75 Å². The summed E-state index contributed by atoms with van der Waals surface area (Å²) in [4.78, 5) is 7.52. The minimum absolute atomic E-state index is 0.0599. The van der Waals surface area contributed by atoms with E-state index in [1.165, 1.54) is 27.4 Å². The fourth-order valence-corrected chi connectivity index (χ4v) is 1.38. The minimum atomic E-state index is -4.49. The van der Waals surface area contributed by atoms with Crippen LogP contribution in [-0.2, 0) is 0 Å². The van der Waals surface area contributed by atoms with Gasteiger partial charge in [-0.1, -0.05) is 0 Å². The summed E-state index contributed by atoms with van der Waals surface area (Å²) < 4.78 is 42.7. The van der Waals surface area contributed by atoms with Crippen LogP contribution >= 0.6 is 11.6 Å². The number of allylic oxidation sites excluding steroid dienone is 1. The lowest BCUT2D eigenvalue weighted by atomic mass is 10.4. The molecular weight excluding hydrogens is 299 g/mol. The standard InChI is InChI=1S/C10H13ClF3N5O/c1-15-7(10(12,13)14)5-19(2)18-8-6(20-3)4-16-9(11)17-8/h4-5,15H,1-3H3,(H,16,17,18)/b7-5-. The van der Waals surface area contributed by atoms with E-state index >= 15 is 0 Å². The van der Waals surface area contributed by atoms with E-state index < -0.39 is 11.9 Å². The lowest BCUT2D eigenvalue weighted by molar-refractivity contribution is -0.0970. The van der Waals surface area contributed by atoms with E-state index in [0.717, 1.165) is 11.2 Å². The molecule has 0 spiro atoms. The van der Waals surface area contributed by atoms with Crippen LogP contribution in [0.2, 0.25) is 5.28 Å². The van der Waals surface area contributed by atoms with E-state index in [-0.39, 0.29) is 16.9 Å². The van der Waals surface area contributed by atoms with Crippen LogP contribution in [0.3, 0.4) is 0 Å². The van der Waals surface area contributed by atoms with Gasteiger partial charge in [0.2, 0.25) is 5.28 Å². The van der Waals surface area contributed by atoms with Gasteiger partial charge in [0, 0.05) is 20.3 Å². The Bertz CT molecular complexity index is 494. The summed E-state index contributed by atoms with van der Waals surface area (Å²) in [6.07, 6.45) is -2.36. The normalized spacial score (nSPS) is 12.1. The monoisotopic (exact) mass is 311 g/mol. The predicted molar refractivity (Wildman–Crippen MR) is 68.2 cm³/mol. The molecule has 10 heteroatoms. The van der Waals surface area contributed by atoms with Crippen molar-refractivity contribution in [1.82, 2.24) is 20.3 Å². The minimum Gasteiger partial charge on any atom is -0.491 e. The Labute approximate surface area is 118 Å². The van der Waals surface area contributed by atoms with Crippen molar-refractivity contribution in [2.24, 2.45) is 0 Å². The van der Waals surface area contributed by atoms with Crippen molar-refractivity contribution >= 4 is 17.4 Å². The number of nitrogens with zero attached hydrogens (tertiary/aromatic N) is 3. The second kappa shape index (κ2) is 6.51. The highest BCUT2D eigenvalue weighted by Gasteiger charge is 2.33. The molecule has 0 fully saturated rings. The first-order valence-electron chi connectivity index (χ1n) is 5.30. The largest absolute Gasteiger partial charge is 0.491 e. The number of rotatable bonds is 5. The van der Waals surface area contributed by atoms with Crippen molar-refractivity contribution in [1.29, 1.82) is 0 Å². The van der Waals surface area contributed by atoms with Gasteiger partial charge in [-0.3, -0.25) is 10.4 Å². The number of alkyl halides is 3. The molecule has 6 nitrogen and oxygen atoms in total. The van der Waals surface area contributed by atoms with Gasteiger partial charge < -0.3 is 10.1 Å². The van der Waals surface area contributed by atoms with Crippen molar-refractivity contribution in [3.8, 4) is 5.75 Å². The van der Waals surface area contributed by atoms with E-state index in [4.69, 9.17) is 16.3 Å². The van der Waals surface area contributed by atoms with Crippen molar-refractivity contribution in [2.45, 2.75) is 6.18 Å². The molecule has 0 aliphatic heterocycles. The fourth-order valence-electron chi connectivity index (χ4n) is 1.25. The number of hydrazine groups is 1. The molecule has 0 aliphatic rings. The molecule has 0 aliphatic carbocycles. The van der Waals surface area contributed by atoms with E-state index in [1.807, 2.05) is 0 Å². The molecule has 0 amide bonds. The third kappa shape index (κ3) is 4.34. The SMILES string of the molecule is CN/C(=C\N(C)Nc1nc(Cl)ncc1OC)C(F)(F)F. The smallest absolute Gasteiger partial charge is 0.432 e. The summed E-state index contributed by atoms with van der Waals surface area (Å²) in [6.45, 7) is 0. The maximum Gasteiger partial charge on any atom is 0.432 e. The number of methoxy groups -OCH3 is 1. The second-order valence-corrected chi connectivity index (χ2v) is 3.91. The van der Waals surface area contributed by atoms with Gasteiger partial charge in [-0.25, -0.2) is 4.98 Å². The third-order valence-electron chi connectivity index (χ3n) is 2.13. The molecule has 0 saturated heterocycles. The lowest BCUT2D eigenvalue weighted by Crippen LogP contribution is -2.29. The number of ether oxygens (including phenoxy) is 1. The summed E-state index contributed by atoms with van der Waals surface area (Å²) in [7, 11) is 3.93. The zero-order chi connectivity index (χ0) is 15.3. The molecule has 1 aromatic heterocycles. The number of nitrogens with one attached hydrogen (secondary N) is 2. The van der Waals surface area contributed by atoms with Crippen LogP contribution in [0.4, 0.5) is 19.0 Å². The predicted octanol–water partition coefficient (Wildman–Crippen LogP) is 2.02. The van der Waals surface area contributed by atoms with E-state index in [0.29, 0.717) is 0 Å². The van der Waals surface area contributed by atoms with Gasteiger partial charge in [0.25, 0.3) is 0 Å². The second-order valence-electron chi connectivity index (χ2n) is 3.57. The highest BCUT2D eigenvalue weighted by Crippen LogP contribution is 2.25. The van der Waals surface area contributed by atoms with Gasteiger partial charge in [-0.15, -0.1) is 0 Å². The molecule has 2 N–H and O–H groups in total. The van der Waals surface area contributed by atoms with Crippen molar-refractivity contribution < 1.29 is 17.9 Å². The van der Waals surface area contributed by atoms with Crippen LogP contribution in [0.25, 0.3) is 0 Å². The number of halogens is 4. The van der Waals surface area contributed by atoms with Gasteiger partial charge >= 0.3 is 6.18 Å². The summed E-state index contributed by atoms with van der Waals surface area (Å²) >= 11 is 5.62. The summed E-state index contributed by atoms with van der Waals surface area (Å²) in [5.74, 6) is 0.386.